The van der Waals surface area contributed by atoms with E-state index in [4.69, 9.17) is 0 Å². The maximum absolute atomic E-state index is 12.2. The topological polar surface area (TPSA) is 44.0 Å². The van der Waals surface area contributed by atoms with Crippen molar-refractivity contribution in [2.45, 2.75) is 39.7 Å². The Morgan fingerprint density at radius 1 is 1.00 bits per heavy atom. The number of nitrogens with zero attached hydrogens (tertiary/aromatic N) is 2. The van der Waals surface area contributed by atoms with Crippen LogP contribution in [0.1, 0.15) is 12.5 Å². The third-order valence-electron chi connectivity index (χ3n) is 3.64. The van der Waals surface area contributed by atoms with Crippen LogP contribution in [0.5, 0.6) is 0 Å². The van der Waals surface area contributed by atoms with Crippen molar-refractivity contribution in [2.24, 2.45) is 0 Å². The Labute approximate surface area is 125 Å². The van der Waals surface area contributed by atoms with Crippen molar-refractivity contribution in [3.8, 4) is 0 Å². The van der Waals surface area contributed by atoms with Crippen LogP contribution in [0.25, 0.3) is 0 Å². The van der Waals surface area contributed by atoms with Gasteiger partial charge in [-0.3, -0.25) is 9.36 Å². The molecule has 0 saturated heterocycles. The van der Waals surface area contributed by atoms with Crippen molar-refractivity contribution in [3.05, 3.63) is 62.9 Å². The normalized spacial score (nSPS) is 11.6. The second-order valence-corrected chi connectivity index (χ2v) is 11.3. The molecule has 2 rings (SSSR count). The van der Waals surface area contributed by atoms with E-state index in [-0.39, 0.29) is 11.2 Å². The Hall–Kier alpha value is -1.88. The van der Waals surface area contributed by atoms with Crippen molar-refractivity contribution < 1.29 is 0 Å². The fourth-order valence-corrected chi connectivity index (χ4v) is 3.40. The van der Waals surface area contributed by atoms with E-state index in [1.54, 1.807) is 6.20 Å². The average molecular weight is 302 g/mol. The highest BCUT2D eigenvalue weighted by molar-refractivity contribution is 6.88. The summed E-state index contributed by atoms with van der Waals surface area (Å²) in [4.78, 5) is 24.1. The molecule has 0 aliphatic rings. The first-order valence-electron chi connectivity index (χ1n) is 7.22. The van der Waals surface area contributed by atoms with Crippen LogP contribution in [0.3, 0.4) is 0 Å². The first-order valence-corrected chi connectivity index (χ1v) is 10.7. The lowest BCUT2D eigenvalue weighted by atomic mass is 10.2. The standard InChI is InChI=1S/C16H22N2O2Si/c1-5-17-11-10-15(19)18(16(17)20)12-13-6-8-14(9-7-13)21(2,3)4/h6-11H,5,12H2,1-4H3. The van der Waals surface area contributed by atoms with Crippen molar-refractivity contribution in [2.75, 3.05) is 0 Å². The molecule has 1 heterocycles. The second kappa shape index (κ2) is 5.85. The Kier molecular flexibility index (Phi) is 4.32. The van der Waals surface area contributed by atoms with Gasteiger partial charge in [-0.05, 0) is 12.5 Å². The zero-order chi connectivity index (χ0) is 15.6. The monoisotopic (exact) mass is 302 g/mol. The quantitative estimate of drug-likeness (QED) is 0.806. The molecule has 0 amide bonds. The molecule has 4 nitrogen and oxygen atoms in total. The Balaban J connectivity index is 2.35. The van der Waals surface area contributed by atoms with Gasteiger partial charge >= 0.3 is 5.69 Å². The third kappa shape index (κ3) is 3.42. The molecule has 0 aliphatic heterocycles. The first-order chi connectivity index (χ1) is 9.82. The SMILES string of the molecule is CCn1ccc(=O)n(Cc2ccc([Si](C)(C)C)cc2)c1=O. The van der Waals surface area contributed by atoms with Gasteiger partial charge in [0.05, 0.1) is 14.6 Å². The molecule has 5 heteroatoms. The Morgan fingerprint density at radius 3 is 2.14 bits per heavy atom. The van der Waals surface area contributed by atoms with Crippen molar-refractivity contribution >= 4 is 13.3 Å². The smallest absolute Gasteiger partial charge is 0.301 e. The van der Waals surface area contributed by atoms with Gasteiger partial charge in [0, 0.05) is 18.8 Å². The van der Waals surface area contributed by atoms with E-state index in [0.717, 1.165) is 5.56 Å². The summed E-state index contributed by atoms with van der Waals surface area (Å²) in [6, 6.07) is 9.72. The predicted molar refractivity (Wildman–Crippen MR) is 89.2 cm³/mol. The number of hydrogen-bond donors (Lipinski definition) is 0. The predicted octanol–water partition coefficient (Wildman–Crippen LogP) is 1.62. The fourth-order valence-electron chi connectivity index (χ4n) is 2.24. The van der Waals surface area contributed by atoms with E-state index in [2.05, 4.69) is 31.8 Å². The summed E-state index contributed by atoms with van der Waals surface area (Å²) in [6.07, 6.45) is 1.55. The summed E-state index contributed by atoms with van der Waals surface area (Å²) in [7, 11) is -1.32. The van der Waals surface area contributed by atoms with Crippen LogP contribution in [0, 0.1) is 0 Å². The number of aryl methyl sites for hydroxylation is 1. The summed E-state index contributed by atoms with van der Waals surface area (Å²) in [6.45, 7) is 9.66. The highest BCUT2D eigenvalue weighted by Crippen LogP contribution is 2.05. The first kappa shape index (κ1) is 15.5. The van der Waals surface area contributed by atoms with Crippen molar-refractivity contribution in [1.82, 2.24) is 9.13 Å². The molecule has 0 fully saturated rings. The molecule has 0 radical (unpaired) electrons. The third-order valence-corrected chi connectivity index (χ3v) is 5.71. The summed E-state index contributed by atoms with van der Waals surface area (Å²) >= 11 is 0. The van der Waals surface area contributed by atoms with E-state index < -0.39 is 8.07 Å². The van der Waals surface area contributed by atoms with Gasteiger partial charge in [-0.1, -0.05) is 49.1 Å². The van der Waals surface area contributed by atoms with E-state index in [0.29, 0.717) is 13.1 Å². The summed E-state index contributed by atoms with van der Waals surface area (Å²) in [5.41, 5.74) is 0.475. The summed E-state index contributed by atoms with van der Waals surface area (Å²) < 4.78 is 2.82. The highest BCUT2D eigenvalue weighted by atomic mass is 28.3. The molecule has 1 aromatic carbocycles. The van der Waals surface area contributed by atoms with Crippen LogP contribution in [0.15, 0.2) is 46.1 Å². The molecule has 0 spiro atoms. The highest BCUT2D eigenvalue weighted by Gasteiger charge is 2.15. The molecule has 112 valence electrons. The van der Waals surface area contributed by atoms with Gasteiger partial charge in [-0.2, -0.15) is 0 Å². The molecule has 0 atom stereocenters. The van der Waals surface area contributed by atoms with Gasteiger partial charge in [0.2, 0.25) is 0 Å². The van der Waals surface area contributed by atoms with Gasteiger partial charge in [0.25, 0.3) is 5.56 Å². The summed E-state index contributed by atoms with van der Waals surface area (Å²) in [5.74, 6) is 0. The fraction of sp³-hybridized carbons (Fsp3) is 0.375. The van der Waals surface area contributed by atoms with E-state index >= 15 is 0 Å². The Morgan fingerprint density at radius 2 is 1.62 bits per heavy atom. The second-order valence-electron chi connectivity index (χ2n) is 6.26. The van der Waals surface area contributed by atoms with E-state index in [9.17, 15) is 9.59 Å². The van der Waals surface area contributed by atoms with Gasteiger partial charge in [-0.15, -0.1) is 0 Å². The van der Waals surface area contributed by atoms with Gasteiger partial charge in [-0.25, -0.2) is 4.79 Å². The lowest BCUT2D eigenvalue weighted by Gasteiger charge is -2.17. The lowest BCUT2D eigenvalue weighted by molar-refractivity contribution is 0.600. The number of benzene rings is 1. The van der Waals surface area contributed by atoms with Crippen LogP contribution in [0.2, 0.25) is 19.6 Å². The minimum absolute atomic E-state index is 0.251. The van der Waals surface area contributed by atoms with Crippen LogP contribution < -0.4 is 16.4 Å². The van der Waals surface area contributed by atoms with Crippen LogP contribution in [-0.2, 0) is 13.1 Å². The van der Waals surface area contributed by atoms with E-state index in [1.165, 1.54) is 20.4 Å². The maximum atomic E-state index is 12.2. The zero-order valence-electron chi connectivity index (χ0n) is 13.1. The van der Waals surface area contributed by atoms with E-state index in [1.807, 2.05) is 19.1 Å². The molecule has 0 saturated carbocycles. The van der Waals surface area contributed by atoms with Crippen molar-refractivity contribution in [3.63, 3.8) is 0 Å². The molecule has 0 aliphatic carbocycles. The van der Waals surface area contributed by atoms with Crippen LogP contribution >= 0.6 is 0 Å². The molecular weight excluding hydrogens is 280 g/mol. The molecule has 0 N–H and O–H groups in total. The van der Waals surface area contributed by atoms with Crippen LogP contribution in [-0.4, -0.2) is 17.2 Å². The van der Waals surface area contributed by atoms with Gasteiger partial charge in [0.15, 0.2) is 0 Å². The molecular formula is C16H22N2O2Si. The number of aromatic nitrogens is 2. The Bertz CT molecular complexity index is 737. The molecule has 0 unspecified atom stereocenters. The van der Waals surface area contributed by atoms with Gasteiger partial charge in [0.1, 0.15) is 0 Å². The number of rotatable bonds is 4. The minimum atomic E-state index is -1.32. The molecule has 0 bridgehead atoms. The van der Waals surface area contributed by atoms with Gasteiger partial charge < -0.3 is 4.57 Å². The molecule has 21 heavy (non-hydrogen) atoms. The molecule has 2 aromatic rings. The zero-order valence-corrected chi connectivity index (χ0v) is 14.1. The molecule has 1 aromatic heterocycles. The number of hydrogen-bond acceptors (Lipinski definition) is 2. The average Bonchev–Trinajstić information content (AvgIpc) is 2.43. The van der Waals surface area contributed by atoms with Crippen molar-refractivity contribution in [1.29, 1.82) is 0 Å². The van der Waals surface area contributed by atoms with Crippen LogP contribution in [0.4, 0.5) is 0 Å². The largest absolute Gasteiger partial charge is 0.331 e. The lowest BCUT2D eigenvalue weighted by Crippen LogP contribution is -2.39. The minimum Gasteiger partial charge on any atom is -0.301 e. The maximum Gasteiger partial charge on any atom is 0.331 e. The summed E-state index contributed by atoms with van der Waals surface area (Å²) in [5, 5.41) is 1.37.